The van der Waals surface area contributed by atoms with E-state index in [1.165, 1.54) is 38.5 Å². The Balaban J connectivity index is 1.30. The summed E-state index contributed by atoms with van der Waals surface area (Å²) in [5.74, 6) is 1.46. The summed E-state index contributed by atoms with van der Waals surface area (Å²) in [4.78, 5) is 36.4. The van der Waals surface area contributed by atoms with Crippen LogP contribution in [0.5, 0.6) is 0 Å². The number of primary amides is 1. The van der Waals surface area contributed by atoms with E-state index in [1.807, 2.05) is 30.3 Å². The minimum atomic E-state index is -0.937. The number of amides is 3. The second-order valence-corrected chi connectivity index (χ2v) is 9.93. The molecule has 4 aliphatic carbocycles. The fourth-order valence-corrected chi connectivity index (χ4v) is 6.60. The third kappa shape index (κ3) is 5.02. The smallest absolute Gasteiger partial charge is 0.329 e. The molecule has 0 radical (unpaired) electrons. The molecule has 0 spiro atoms. The van der Waals surface area contributed by atoms with Crippen LogP contribution in [-0.2, 0) is 20.7 Å². The molecular formula is C24H33N3O4. The van der Waals surface area contributed by atoms with E-state index in [0.717, 1.165) is 23.3 Å². The molecule has 5 rings (SSSR count). The lowest BCUT2D eigenvalue weighted by molar-refractivity contribution is -0.151. The van der Waals surface area contributed by atoms with Crippen LogP contribution in [0.15, 0.2) is 30.3 Å². The van der Waals surface area contributed by atoms with E-state index in [-0.39, 0.29) is 30.4 Å². The van der Waals surface area contributed by atoms with Gasteiger partial charge >= 0.3 is 12.0 Å². The third-order valence-corrected chi connectivity index (χ3v) is 7.61. The molecule has 0 aliphatic heterocycles. The Morgan fingerprint density at radius 2 is 1.61 bits per heavy atom. The van der Waals surface area contributed by atoms with Crippen LogP contribution >= 0.6 is 0 Å². The number of ether oxygens (including phenoxy) is 1. The number of hydrogen-bond acceptors (Lipinski definition) is 4. The minimum Gasteiger partial charge on any atom is -0.454 e. The van der Waals surface area contributed by atoms with Crippen molar-refractivity contribution < 1.29 is 19.1 Å². The minimum absolute atomic E-state index is 0.0657. The van der Waals surface area contributed by atoms with Gasteiger partial charge in [0.25, 0.3) is 5.91 Å². The predicted molar refractivity (Wildman–Crippen MR) is 116 cm³/mol. The van der Waals surface area contributed by atoms with Crippen LogP contribution < -0.4 is 16.4 Å². The van der Waals surface area contributed by atoms with Crippen molar-refractivity contribution in [1.82, 2.24) is 10.6 Å². The van der Waals surface area contributed by atoms with E-state index in [1.54, 1.807) is 0 Å². The van der Waals surface area contributed by atoms with Gasteiger partial charge in [-0.3, -0.25) is 4.79 Å². The number of carbonyl (C=O) groups excluding carboxylic acids is 3. The lowest BCUT2D eigenvalue weighted by Gasteiger charge is -2.59. The summed E-state index contributed by atoms with van der Waals surface area (Å²) >= 11 is 0. The normalized spacial score (nSPS) is 30.3. The van der Waals surface area contributed by atoms with Crippen molar-refractivity contribution in [2.45, 2.75) is 64.0 Å². The predicted octanol–water partition coefficient (Wildman–Crippen LogP) is 2.53. The summed E-state index contributed by atoms with van der Waals surface area (Å²) in [5.41, 5.74) is 6.27. The molecule has 4 saturated carbocycles. The number of urea groups is 1. The van der Waals surface area contributed by atoms with Crippen LogP contribution in [0.4, 0.5) is 4.79 Å². The SMILES string of the molecule is C[C@H](NC(=O)COC(=O)[C@H](Cc1ccccc1)NC(N)=O)C12CC3CC(CC(C3)C1)C2. The van der Waals surface area contributed by atoms with Crippen LogP contribution in [0.2, 0.25) is 0 Å². The van der Waals surface area contributed by atoms with Crippen molar-refractivity contribution in [2.75, 3.05) is 6.61 Å². The second kappa shape index (κ2) is 8.89. The highest BCUT2D eigenvalue weighted by Crippen LogP contribution is 2.61. The average molecular weight is 428 g/mol. The molecule has 3 amide bonds. The standard InChI is InChI=1S/C24H33N3O4/c1-15(24-11-17-7-18(12-24)9-19(8-17)13-24)26-21(28)14-31-22(29)20(27-23(25)30)10-16-5-3-2-4-6-16/h2-6,15,17-20H,7-14H2,1H3,(H,26,28)(H3,25,27,30)/t15-,17?,18?,19?,20-,24?/m0/s1. The van der Waals surface area contributed by atoms with Gasteiger partial charge in [-0.25, -0.2) is 9.59 Å². The zero-order valence-electron chi connectivity index (χ0n) is 18.1. The number of nitrogens with one attached hydrogen (secondary N) is 2. The van der Waals surface area contributed by atoms with Gasteiger partial charge in [-0.05, 0) is 74.2 Å². The summed E-state index contributed by atoms with van der Waals surface area (Å²) in [5, 5.41) is 5.51. The highest BCUT2D eigenvalue weighted by atomic mass is 16.5. The fraction of sp³-hybridized carbons (Fsp3) is 0.625. The van der Waals surface area contributed by atoms with Crippen LogP contribution in [0.25, 0.3) is 0 Å². The van der Waals surface area contributed by atoms with E-state index in [2.05, 4.69) is 17.6 Å². The van der Waals surface area contributed by atoms with Crippen LogP contribution in [0, 0.1) is 23.2 Å². The van der Waals surface area contributed by atoms with Crippen molar-refractivity contribution in [3.05, 3.63) is 35.9 Å². The summed E-state index contributed by atoms with van der Waals surface area (Å²) in [7, 11) is 0. The maximum absolute atomic E-state index is 12.6. The zero-order chi connectivity index (χ0) is 22.0. The first-order valence-corrected chi connectivity index (χ1v) is 11.4. The number of hydrogen-bond donors (Lipinski definition) is 3. The molecule has 1 aromatic carbocycles. The highest BCUT2D eigenvalue weighted by Gasteiger charge is 2.53. The zero-order valence-corrected chi connectivity index (χ0v) is 18.1. The Kier molecular flexibility index (Phi) is 6.21. The van der Waals surface area contributed by atoms with E-state index < -0.39 is 18.0 Å². The highest BCUT2D eigenvalue weighted by molar-refractivity contribution is 5.85. The van der Waals surface area contributed by atoms with Gasteiger partial charge in [-0.1, -0.05) is 30.3 Å². The first-order chi connectivity index (χ1) is 14.8. The molecule has 7 nitrogen and oxygen atoms in total. The largest absolute Gasteiger partial charge is 0.454 e. The molecule has 1 aromatic rings. The number of benzene rings is 1. The Morgan fingerprint density at radius 1 is 1.03 bits per heavy atom. The Labute approximate surface area is 183 Å². The second-order valence-electron chi connectivity index (χ2n) is 9.93. The summed E-state index contributed by atoms with van der Waals surface area (Å²) in [6, 6.07) is 7.59. The maximum atomic E-state index is 12.6. The fourth-order valence-electron chi connectivity index (χ4n) is 6.60. The lowest BCUT2D eigenvalue weighted by atomic mass is 9.48. The Bertz CT molecular complexity index is 790. The van der Waals surface area contributed by atoms with Gasteiger partial charge in [-0.15, -0.1) is 0 Å². The summed E-state index contributed by atoms with van der Waals surface area (Å²) < 4.78 is 5.24. The van der Waals surface area contributed by atoms with E-state index in [4.69, 9.17) is 10.5 Å². The van der Waals surface area contributed by atoms with Crippen LogP contribution in [0.3, 0.4) is 0 Å². The molecule has 168 valence electrons. The van der Waals surface area contributed by atoms with E-state index >= 15 is 0 Å². The van der Waals surface area contributed by atoms with Gasteiger partial charge in [0, 0.05) is 12.5 Å². The molecule has 4 aliphatic rings. The van der Waals surface area contributed by atoms with Crippen molar-refractivity contribution in [1.29, 1.82) is 0 Å². The van der Waals surface area contributed by atoms with Gasteiger partial charge in [0.05, 0.1) is 0 Å². The molecule has 0 heterocycles. The summed E-state index contributed by atoms with van der Waals surface area (Å²) in [6.45, 7) is 1.74. The van der Waals surface area contributed by atoms with Gasteiger partial charge in [0.2, 0.25) is 0 Å². The lowest BCUT2D eigenvalue weighted by Crippen LogP contribution is -2.56. The van der Waals surface area contributed by atoms with E-state index in [9.17, 15) is 14.4 Å². The van der Waals surface area contributed by atoms with Crippen LogP contribution in [-0.4, -0.2) is 36.6 Å². The quantitative estimate of drug-likeness (QED) is 0.554. The maximum Gasteiger partial charge on any atom is 0.329 e. The van der Waals surface area contributed by atoms with E-state index in [0.29, 0.717) is 0 Å². The molecule has 0 unspecified atom stereocenters. The molecule has 4 fully saturated rings. The Hall–Kier alpha value is -2.57. The number of carbonyl (C=O) groups is 3. The first-order valence-electron chi connectivity index (χ1n) is 11.4. The third-order valence-electron chi connectivity index (χ3n) is 7.61. The van der Waals surface area contributed by atoms with Crippen molar-refractivity contribution in [2.24, 2.45) is 28.9 Å². The Morgan fingerprint density at radius 3 is 2.16 bits per heavy atom. The summed E-state index contributed by atoms with van der Waals surface area (Å²) in [6.07, 6.45) is 7.90. The van der Waals surface area contributed by atoms with Crippen molar-refractivity contribution in [3.63, 3.8) is 0 Å². The molecule has 0 aromatic heterocycles. The van der Waals surface area contributed by atoms with Gasteiger partial charge < -0.3 is 21.1 Å². The molecular weight excluding hydrogens is 394 g/mol. The number of rotatable bonds is 8. The molecule has 7 heteroatoms. The van der Waals surface area contributed by atoms with Gasteiger partial charge in [0.15, 0.2) is 6.61 Å². The molecule has 0 saturated heterocycles. The first kappa shape index (κ1) is 21.7. The van der Waals surface area contributed by atoms with Gasteiger partial charge in [0.1, 0.15) is 6.04 Å². The molecule has 31 heavy (non-hydrogen) atoms. The molecule has 4 N–H and O–H groups in total. The van der Waals surface area contributed by atoms with Crippen LogP contribution in [0.1, 0.15) is 51.0 Å². The van der Waals surface area contributed by atoms with Crippen molar-refractivity contribution in [3.8, 4) is 0 Å². The molecule has 2 atom stereocenters. The van der Waals surface area contributed by atoms with Crippen molar-refractivity contribution >= 4 is 17.9 Å². The number of esters is 1. The monoisotopic (exact) mass is 427 g/mol. The average Bonchev–Trinajstić information content (AvgIpc) is 2.71. The topological polar surface area (TPSA) is 111 Å². The number of nitrogens with two attached hydrogens (primary N) is 1. The molecule has 4 bridgehead atoms. The van der Waals surface area contributed by atoms with Gasteiger partial charge in [-0.2, -0.15) is 0 Å².